The summed E-state index contributed by atoms with van der Waals surface area (Å²) in [7, 11) is 1.93. The average Bonchev–Trinajstić information content (AvgIpc) is 2.87. The second kappa shape index (κ2) is 7.44. The number of nitrogens with two attached hydrogens (primary N) is 1. The van der Waals surface area contributed by atoms with Crippen LogP contribution >= 0.6 is 0 Å². The van der Waals surface area contributed by atoms with Crippen LogP contribution in [0.4, 0.5) is 10.5 Å². The molecule has 2 atom stereocenters. The Balaban J connectivity index is 1.77. The van der Waals surface area contributed by atoms with E-state index in [-0.39, 0.29) is 12.1 Å². The van der Waals surface area contributed by atoms with E-state index in [1.54, 1.807) is 0 Å². The summed E-state index contributed by atoms with van der Waals surface area (Å²) in [5.74, 6) is 0.522. The minimum absolute atomic E-state index is 0.00758. The maximum atomic E-state index is 12.9. The van der Waals surface area contributed by atoms with Crippen LogP contribution in [0.3, 0.4) is 0 Å². The third-order valence-corrected chi connectivity index (χ3v) is 5.37. The van der Waals surface area contributed by atoms with E-state index in [4.69, 9.17) is 5.73 Å². The van der Waals surface area contributed by atoms with Crippen molar-refractivity contribution in [2.24, 2.45) is 18.7 Å². The Kier molecular flexibility index (Phi) is 5.27. The fourth-order valence-corrected chi connectivity index (χ4v) is 3.98. The molecular formula is C19H29N5O. The minimum atomic E-state index is -0.00758. The quantitative estimate of drug-likeness (QED) is 0.894. The van der Waals surface area contributed by atoms with Crippen molar-refractivity contribution in [1.29, 1.82) is 0 Å². The van der Waals surface area contributed by atoms with E-state index >= 15 is 0 Å². The van der Waals surface area contributed by atoms with Crippen LogP contribution in [-0.2, 0) is 7.05 Å². The number of benzene rings is 1. The van der Waals surface area contributed by atoms with Crippen LogP contribution in [0.5, 0.6) is 0 Å². The van der Waals surface area contributed by atoms with Gasteiger partial charge in [-0.3, -0.25) is 4.68 Å². The number of carbonyl (C=O) groups is 1. The summed E-state index contributed by atoms with van der Waals surface area (Å²) >= 11 is 0. The lowest BCUT2D eigenvalue weighted by Gasteiger charge is -2.40. The average molecular weight is 343 g/mol. The fourth-order valence-electron chi connectivity index (χ4n) is 3.98. The standard InChI is InChI=1S/C19H29N5O/c1-13-6-5-11-24(17(13)7-4-10-20)19(25)21-15-8-9-16-14(2)22-23(3)18(16)12-15/h8-9,12-13,17H,4-7,10-11,20H2,1-3H3,(H,21,25)/t13-,17-/m1/s1. The first kappa shape index (κ1) is 17.7. The predicted molar refractivity (Wildman–Crippen MR) is 102 cm³/mol. The molecule has 136 valence electrons. The van der Waals surface area contributed by atoms with Gasteiger partial charge in [-0.2, -0.15) is 5.10 Å². The molecule has 0 unspecified atom stereocenters. The first-order valence-corrected chi connectivity index (χ1v) is 9.22. The molecule has 0 radical (unpaired) electrons. The molecule has 0 aliphatic carbocycles. The van der Waals surface area contributed by atoms with Gasteiger partial charge in [0.15, 0.2) is 0 Å². The van der Waals surface area contributed by atoms with Gasteiger partial charge >= 0.3 is 6.03 Å². The summed E-state index contributed by atoms with van der Waals surface area (Å²) in [5, 5.41) is 8.64. The van der Waals surface area contributed by atoms with Gasteiger partial charge in [-0.15, -0.1) is 0 Å². The summed E-state index contributed by atoms with van der Waals surface area (Å²) in [6, 6.07) is 6.25. The number of nitrogens with one attached hydrogen (secondary N) is 1. The fraction of sp³-hybridized carbons (Fsp3) is 0.579. The SMILES string of the molecule is Cc1nn(C)c2cc(NC(=O)N3CCC[C@@H](C)[C@H]3CCCN)ccc12. The molecule has 2 aromatic rings. The second-order valence-corrected chi connectivity index (χ2v) is 7.18. The molecule has 1 aromatic carbocycles. The molecule has 25 heavy (non-hydrogen) atoms. The Hall–Kier alpha value is -2.08. The van der Waals surface area contributed by atoms with Crippen molar-refractivity contribution in [2.75, 3.05) is 18.4 Å². The monoisotopic (exact) mass is 343 g/mol. The van der Waals surface area contributed by atoms with Gasteiger partial charge in [-0.1, -0.05) is 6.92 Å². The van der Waals surface area contributed by atoms with Gasteiger partial charge in [-0.05, 0) is 63.3 Å². The molecule has 1 saturated heterocycles. The molecule has 1 aliphatic heterocycles. The number of hydrogen-bond donors (Lipinski definition) is 2. The van der Waals surface area contributed by atoms with E-state index in [1.165, 1.54) is 6.42 Å². The smallest absolute Gasteiger partial charge is 0.322 e. The van der Waals surface area contributed by atoms with E-state index < -0.39 is 0 Å². The van der Waals surface area contributed by atoms with Crippen molar-refractivity contribution in [1.82, 2.24) is 14.7 Å². The molecular weight excluding hydrogens is 314 g/mol. The van der Waals surface area contributed by atoms with Gasteiger partial charge in [-0.25, -0.2) is 4.79 Å². The topological polar surface area (TPSA) is 76.2 Å². The number of likely N-dealkylation sites (tertiary alicyclic amines) is 1. The number of piperidine rings is 1. The second-order valence-electron chi connectivity index (χ2n) is 7.18. The number of amides is 2. The molecule has 3 rings (SSSR count). The van der Waals surface area contributed by atoms with Crippen molar-refractivity contribution in [3.8, 4) is 0 Å². The summed E-state index contributed by atoms with van der Waals surface area (Å²) < 4.78 is 1.85. The predicted octanol–water partition coefficient (Wildman–Crippen LogP) is 3.25. The number of hydrogen-bond acceptors (Lipinski definition) is 3. The lowest BCUT2D eigenvalue weighted by atomic mass is 9.88. The lowest BCUT2D eigenvalue weighted by Crippen LogP contribution is -2.49. The van der Waals surface area contributed by atoms with Crippen molar-refractivity contribution in [3.05, 3.63) is 23.9 Å². The number of aryl methyl sites for hydroxylation is 2. The first-order chi connectivity index (χ1) is 12.0. The number of urea groups is 1. The van der Waals surface area contributed by atoms with Crippen molar-refractivity contribution in [3.63, 3.8) is 0 Å². The number of fused-ring (bicyclic) bond motifs is 1. The largest absolute Gasteiger partial charge is 0.330 e. The Bertz CT molecular complexity index is 754. The highest BCUT2D eigenvalue weighted by Gasteiger charge is 2.31. The van der Waals surface area contributed by atoms with Gasteiger partial charge in [0.25, 0.3) is 0 Å². The van der Waals surface area contributed by atoms with Crippen LogP contribution in [0, 0.1) is 12.8 Å². The number of rotatable bonds is 4. The maximum absolute atomic E-state index is 12.9. The summed E-state index contributed by atoms with van der Waals surface area (Å²) in [4.78, 5) is 14.9. The zero-order valence-corrected chi connectivity index (χ0v) is 15.5. The Morgan fingerprint density at radius 2 is 2.24 bits per heavy atom. The van der Waals surface area contributed by atoms with Crippen LogP contribution in [-0.4, -0.2) is 39.8 Å². The zero-order valence-electron chi connectivity index (χ0n) is 15.5. The van der Waals surface area contributed by atoms with Crippen molar-refractivity contribution in [2.45, 2.75) is 45.6 Å². The Morgan fingerprint density at radius 1 is 1.44 bits per heavy atom. The van der Waals surface area contributed by atoms with Gasteiger partial charge < -0.3 is 16.0 Å². The van der Waals surface area contributed by atoms with E-state index in [1.807, 2.05) is 41.8 Å². The molecule has 0 bridgehead atoms. The zero-order chi connectivity index (χ0) is 18.0. The van der Waals surface area contributed by atoms with Crippen LogP contribution in [0.1, 0.15) is 38.3 Å². The molecule has 6 heteroatoms. The molecule has 2 heterocycles. The van der Waals surface area contributed by atoms with Crippen LogP contribution < -0.4 is 11.1 Å². The normalized spacial score (nSPS) is 20.9. The van der Waals surface area contributed by atoms with Gasteiger partial charge in [0.1, 0.15) is 0 Å². The van der Waals surface area contributed by atoms with E-state index in [0.29, 0.717) is 12.5 Å². The highest BCUT2D eigenvalue weighted by molar-refractivity contribution is 5.93. The molecule has 6 nitrogen and oxygen atoms in total. The minimum Gasteiger partial charge on any atom is -0.330 e. The summed E-state index contributed by atoms with van der Waals surface area (Å²) in [6.07, 6.45) is 4.18. The number of anilines is 1. The number of aromatic nitrogens is 2. The molecule has 1 fully saturated rings. The highest BCUT2D eigenvalue weighted by Crippen LogP contribution is 2.28. The molecule has 2 amide bonds. The Morgan fingerprint density at radius 3 is 3.00 bits per heavy atom. The van der Waals surface area contributed by atoms with Crippen molar-refractivity contribution >= 4 is 22.6 Å². The maximum Gasteiger partial charge on any atom is 0.322 e. The van der Waals surface area contributed by atoms with Crippen LogP contribution in [0.25, 0.3) is 10.9 Å². The van der Waals surface area contributed by atoms with Gasteiger partial charge in [0, 0.05) is 30.7 Å². The lowest BCUT2D eigenvalue weighted by molar-refractivity contribution is 0.122. The summed E-state index contributed by atoms with van der Waals surface area (Å²) in [5.41, 5.74) is 8.53. The first-order valence-electron chi connectivity index (χ1n) is 9.22. The molecule has 0 saturated carbocycles. The molecule has 1 aromatic heterocycles. The molecule has 3 N–H and O–H groups in total. The molecule has 1 aliphatic rings. The van der Waals surface area contributed by atoms with Crippen LogP contribution in [0.15, 0.2) is 18.2 Å². The third-order valence-electron chi connectivity index (χ3n) is 5.37. The van der Waals surface area contributed by atoms with E-state index in [0.717, 1.165) is 48.1 Å². The molecule has 0 spiro atoms. The van der Waals surface area contributed by atoms with Crippen molar-refractivity contribution < 1.29 is 4.79 Å². The van der Waals surface area contributed by atoms with Gasteiger partial charge in [0.2, 0.25) is 0 Å². The number of carbonyl (C=O) groups excluding carboxylic acids is 1. The van der Waals surface area contributed by atoms with E-state index in [9.17, 15) is 4.79 Å². The number of nitrogens with zero attached hydrogens (tertiary/aromatic N) is 3. The van der Waals surface area contributed by atoms with Gasteiger partial charge in [0.05, 0.1) is 11.2 Å². The highest BCUT2D eigenvalue weighted by atomic mass is 16.2. The Labute approximate surface area is 149 Å². The summed E-state index contributed by atoms with van der Waals surface area (Å²) in [6.45, 7) is 5.73. The van der Waals surface area contributed by atoms with E-state index in [2.05, 4.69) is 17.3 Å². The third kappa shape index (κ3) is 3.63. The van der Waals surface area contributed by atoms with Crippen LogP contribution in [0.2, 0.25) is 0 Å².